The number of carbonyl (C=O) groups excluding carboxylic acids is 3. The maximum Gasteiger partial charge on any atom is 0.324 e. The van der Waals surface area contributed by atoms with E-state index in [-0.39, 0.29) is 25.7 Å². The van der Waals surface area contributed by atoms with E-state index in [9.17, 15) is 5.11 Å². The lowest BCUT2D eigenvalue weighted by molar-refractivity contribution is -0.179. The number of anilines is 1. The number of benzene rings is 5. The van der Waals surface area contributed by atoms with E-state index in [1.165, 1.54) is 0 Å². The zero-order chi connectivity index (χ0) is 39.3. The van der Waals surface area contributed by atoms with Crippen LogP contribution in [0.2, 0.25) is 0 Å². The second-order valence-electron chi connectivity index (χ2n) is 14.9. The molecule has 0 saturated carbocycles. The van der Waals surface area contributed by atoms with Crippen LogP contribution in [0, 0.1) is 5.92 Å². The fraction of sp³-hybridized carbons (Fsp3) is 0.283. The van der Waals surface area contributed by atoms with Crippen LogP contribution in [0.1, 0.15) is 51.6 Å². The predicted octanol–water partition coefficient (Wildman–Crippen LogP) is 5.93. The molecular weight excluding hydrogens is 723 g/mol. The molecule has 1 spiro atoms. The second kappa shape index (κ2) is 14.7. The summed E-state index contributed by atoms with van der Waals surface area (Å²) in [6.07, 6.45) is -0.257. The molecule has 57 heavy (non-hydrogen) atoms. The van der Waals surface area contributed by atoms with Crippen LogP contribution in [0.15, 0.2) is 121 Å². The van der Waals surface area contributed by atoms with Gasteiger partial charge in [0.05, 0.1) is 38.8 Å². The third-order valence-electron chi connectivity index (χ3n) is 12.1. The van der Waals surface area contributed by atoms with Gasteiger partial charge in [-0.05, 0) is 58.5 Å². The molecule has 4 heterocycles. The average Bonchev–Trinajstić information content (AvgIpc) is 3.74. The van der Waals surface area contributed by atoms with Gasteiger partial charge in [0.2, 0.25) is 11.8 Å². The van der Waals surface area contributed by atoms with Crippen molar-refractivity contribution in [3.63, 3.8) is 0 Å². The summed E-state index contributed by atoms with van der Waals surface area (Å²) < 4.78 is 24.0. The summed E-state index contributed by atoms with van der Waals surface area (Å²) in [5.41, 5.74) is 3.72. The quantitative estimate of drug-likeness (QED) is 0.176. The molecule has 0 aromatic heterocycles. The van der Waals surface area contributed by atoms with Crippen LogP contribution < -0.4 is 19.5 Å². The highest BCUT2D eigenvalue weighted by Crippen LogP contribution is 2.65. The molecule has 290 valence electrons. The van der Waals surface area contributed by atoms with Crippen molar-refractivity contribution >= 4 is 23.5 Å². The van der Waals surface area contributed by atoms with E-state index in [1.807, 2.05) is 115 Å². The largest absolute Gasteiger partial charge is 0.493 e. The topological polar surface area (TPSA) is 127 Å². The van der Waals surface area contributed by atoms with E-state index in [0.29, 0.717) is 47.0 Å². The summed E-state index contributed by atoms with van der Waals surface area (Å²) in [5.74, 6) is -0.953. The first-order valence-corrected chi connectivity index (χ1v) is 19.2. The van der Waals surface area contributed by atoms with Crippen molar-refractivity contribution in [3.05, 3.63) is 155 Å². The van der Waals surface area contributed by atoms with Crippen LogP contribution in [0.3, 0.4) is 0 Å². The zero-order valence-electron chi connectivity index (χ0n) is 31.7. The Morgan fingerprint density at radius 3 is 2.18 bits per heavy atom. The number of nitrogens with zero attached hydrogens (tertiary/aromatic N) is 2. The highest BCUT2D eigenvalue weighted by molar-refractivity contribution is 6.12. The molecule has 0 aliphatic carbocycles. The van der Waals surface area contributed by atoms with E-state index in [4.69, 9.17) is 18.9 Å². The number of aliphatic hydroxyl groups excluding tert-OH is 1. The minimum atomic E-state index is -1.63. The number of amides is 2. The summed E-state index contributed by atoms with van der Waals surface area (Å²) in [4.78, 5) is 50.2. The molecule has 9 rings (SSSR count). The Bertz CT molecular complexity index is 2340. The monoisotopic (exact) mass is 765 g/mol. The van der Waals surface area contributed by atoms with Crippen molar-refractivity contribution in [1.82, 2.24) is 9.80 Å². The van der Waals surface area contributed by atoms with Crippen molar-refractivity contribution in [1.29, 1.82) is 0 Å². The predicted molar refractivity (Wildman–Crippen MR) is 211 cm³/mol. The van der Waals surface area contributed by atoms with Gasteiger partial charge in [-0.2, -0.15) is 0 Å². The molecule has 5 aromatic carbocycles. The number of para-hydroxylation sites is 2. The van der Waals surface area contributed by atoms with Gasteiger partial charge in [-0.25, -0.2) is 0 Å². The first-order chi connectivity index (χ1) is 27.9. The molecule has 0 unspecified atom stereocenters. The lowest BCUT2D eigenvalue weighted by Crippen LogP contribution is -2.56. The van der Waals surface area contributed by atoms with Gasteiger partial charge in [0.1, 0.15) is 29.9 Å². The lowest BCUT2D eigenvalue weighted by Gasteiger charge is -2.46. The molecule has 0 radical (unpaired) electrons. The highest BCUT2D eigenvalue weighted by atomic mass is 16.6. The number of hydrogen-bond acceptors (Lipinski definition) is 9. The van der Waals surface area contributed by atoms with Crippen molar-refractivity contribution in [2.24, 2.45) is 5.92 Å². The fourth-order valence-corrected chi connectivity index (χ4v) is 9.76. The molecule has 2 amide bonds. The van der Waals surface area contributed by atoms with Gasteiger partial charge in [0.15, 0.2) is 11.5 Å². The van der Waals surface area contributed by atoms with Gasteiger partial charge in [0, 0.05) is 24.3 Å². The molecule has 2 fully saturated rings. The lowest BCUT2D eigenvalue weighted by atomic mass is 9.65. The standard InChI is InChI=1S/C46H43N3O8/c1-54-36-25-30-21-22-48(27-31(30)26-37(36)55-2)43(51)38-40-44(52)57-41(29-15-7-4-8-16-29)39(28-13-5-3-6-14-28)49(40)42(32-17-9-12-20-35(32)56-24-23-50)46(38)33-18-10-11-19-34(33)47-45(46)53/h3-20,25-26,38-42,50H,21-24,27H2,1-2H3,(H,47,53)/t38-,39-,40-,41+,42+,46-/m1/s1. The minimum Gasteiger partial charge on any atom is -0.493 e. The van der Waals surface area contributed by atoms with Crippen LogP contribution in [-0.4, -0.2) is 72.7 Å². The van der Waals surface area contributed by atoms with E-state index in [0.717, 1.165) is 22.3 Å². The van der Waals surface area contributed by atoms with Gasteiger partial charge in [-0.3, -0.25) is 19.3 Å². The number of esters is 1. The Kier molecular flexibility index (Phi) is 9.42. The van der Waals surface area contributed by atoms with Crippen molar-refractivity contribution in [3.8, 4) is 17.2 Å². The summed E-state index contributed by atoms with van der Waals surface area (Å²) >= 11 is 0. The number of cyclic esters (lactones) is 1. The number of methoxy groups -OCH3 is 2. The van der Waals surface area contributed by atoms with Gasteiger partial charge in [0.25, 0.3) is 0 Å². The molecule has 6 atom stereocenters. The van der Waals surface area contributed by atoms with Crippen LogP contribution >= 0.6 is 0 Å². The van der Waals surface area contributed by atoms with Crippen molar-refractivity contribution < 1.29 is 38.4 Å². The number of aliphatic hydroxyl groups is 1. The van der Waals surface area contributed by atoms with Gasteiger partial charge in [-0.15, -0.1) is 0 Å². The van der Waals surface area contributed by atoms with Crippen molar-refractivity contribution in [2.75, 3.05) is 39.3 Å². The number of rotatable bonds is 9. The molecule has 4 aliphatic rings. The maximum absolute atomic E-state index is 15.8. The van der Waals surface area contributed by atoms with Gasteiger partial charge < -0.3 is 34.3 Å². The van der Waals surface area contributed by atoms with Gasteiger partial charge in [-0.1, -0.05) is 97.1 Å². The summed E-state index contributed by atoms with van der Waals surface area (Å²) in [6.45, 7) is 0.364. The zero-order valence-corrected chi connectivity index (χ0v) is 31.7. The first kappa shape index (κ1) is 36.5. The summed E-state index contributed by atoms with van der Waals surface area (Å²) in [7, 11) is 3.17. The van der Waals surface area contributed by atoms with Crippen LogP contribution in [0.25, 0.3) is 0 Å². The first-order valence-electron chi connectivity index (χ1n) is 19.2. The Labute approximate surface area is 330 Å². The Balaban J connectivity index is 1.30. The molecule has 4 aliphatic heterocycles. The summed E-state index contributed by atoms with van der Waals surface area (Å²) in [6, 6.07) is 35.3. The van der Waals surface area contributed by atoms with E-state index in [1.54, 1.807) is 25.2 Å². The molecule has 11 nitrogen and oxygen atoms in total. The average molecular weight is 766 g/mol. The van der Waals surface area contributed by atoms with Crippen molar-refractivity contribution in [2.45, 2.75) is 42.6 Å². The smallest absolute Gasteiger partial charge is 0.324 e. The molecule has 2 N–H and O–H groups in total. The molecule has 5 aromatic rings. The number of nitrogens with one attached hydrogen (secondary N) is 1. The van der Waals surface area contributed by atoms with Crippen LogP contribution in [0.4, 0.5) is 5.69 Å². The molecule has 2 saturated heterocycles. The number of morpholine rings is 1. The number of ether oxygens (including phenoxy) is 4. The Hall–Kier alpha value is -6.17. The number of carbonyl (C=O) groups is 3. The van der Waals surface area contributed by atoms with E-state index in [2.05, 4.69) is 10.2 Å². The fourth-order valence-electron chi connectivity index (χ4n) is 9.76. The maximum atomic E-state index is 15.8. The SMILES string of the molecule is COc1cc2c(cc1OC)CN(C(=O)[C@H]1[C@@H]3C(=O)O[C@@H](c4ccccc4)[C@@H](c4ccccc4)N3[C@@H](c3ccccc3OCCO)[C@]13C(=O)Nc1ccccc13)CC2. The van der Waals surface area contributed by atoms with Gasteiger partial charge >= 0.3 is 5.97 Å². The third kappa shape index (κ3) is 5.75. The normalized spacial score (nSPS) is 24.9. The molecule has 11 heteroatoms. The number of hydrogen-bond donors (Lipinski definition) is 2. The van der Waals surface area contributed by atoms with Crippen LogP contribution in [0.5, 0.6) is 17.2 Å². The molecule has 0 bridgehead atoms. The Morgan fingerprint density at radius 2 is 1.46 bits per heavy atom. The summed E-state index contributed by atoms with van der Waals surface area (Å²) in [5, 5.41) is 13.0. The minimum absolute atomic E-state index is 0.00351. The van der Waals surface area contributed by atoms with Crippen LogP contribution in [-0.2, 0) is 37.5 Å². The van der Waals surface area contributed by atoms with E-state index >= 15 is 14.4 Å². The van der Waals surface area contributed by atoms with E-state index < -0.39 is 47.4 Å². The second-order valence-corrected chi connectivity index (χ2v) is 14.9. The highest BCUT2D eigenvalue weighted by Gasteiger charge is 2.74. The number of fused-ring (bicyclic) bond motifs is 4. The third-order valence-corrected chi connectivity index (χ3v) is 12.1. The Morgan fingerprint density at radius 1 is 0.807 bits per heavy atom. The molecular formula is C46H43N3O8.